The summed E-state index contributed by atoms with van der Waals surface area (Å²) in [5.74, 6) is 0. The van der Waals surface area contributed by atoms with Crippen LogP contribution >= 0.6 is 11.3 Å². The third-order valence-corrected chi connectivity index (χ3v) is 2.53. The van der Waals surface area contributed by atoms with Gasteiger partial charge in [0.05, 0.1) is 4.88 Å². The number of aldehydes is 1. The quantitative estimate of drug-likeness (QED) is 0.466. The van der Waals surface area contributed by atoms with E-state index >= 15 is 0 Å². The van der Waals surface area contributed by atoms with Gasteiger partial charge in [-0.25, -0.2) is 0 Å². The molecule has 0 aliphatic heterocycles. The Labute approximate surface area is 68.4 Å². The molecule has 2 N–H and O–H groups in total. The first-order valence-electron chi connectivity index (χ1n) is 3.06. The second kappa shape index (κ2) is 3.17. The van der Waals surface area contributed by atoms with Gasteiger partial charge in [0.2, 0.25) is 0 Å². The first kappa shape index (κ1) is 8.45. The van der Waals surface area contributed by atoms with Crippen molar-refractivity contribution in [2.24, 2.45) is 0 Å². The zero-order valence-corrected chi connectivity index (χ0v) is 6.76. The molecule has 1 heterocycles. The Balaban J connectivity index is 3.10. The van der Waals surface area contributed by atoms with Gasteiger partial charge in [0.25, 0.3) is 0 Å². The van der Waals surface area contributed by atoms with E-state index in [9.17, 15) is 4.79 Å². The average molecular weight is 170 g/mol. The van der Waals surface area contributed by atoms with Crippen molar-refractivity contribution in [2.75, 3.05) is 0 Å². The Bertz CT molecular complexity index is 269. The van der Waals surface area contributed by atoms with E-state index < -0.39 is 7.12 Å². The second-order valence-electron chi connectivity index (χ2n) is 2.17. The van der Waals surface area contributed by atoms with E-state index in [-0.39, 0.29) is 0 Å². The fraction of sp³-hybridized carbons (Fsp3) is 0.167. The third-order valence-electron chi connectivity index (χ3n) is 1.50. The monoisotopic (exact) mass is 170 g/mol. The van der Waals surface area contributed by atoms with Gasteiger partial charge in [-0.1, -0.05) is 0 Å². The molecule has 0 atom stereocenters. The van der Waals surface area contributed by atoms with E-state index in [0.29, 0.717) is 22.2 Å². The van der Waals surface area contributed by atoms with Gasteiger partial charge in [0, 0.05) is 0 Å². The molecule has 11 heavy (non-hydrogen) atoms. The predicted octanol–water partition coefficient (Wildman–Crippen LogP) is -0.451. The molecule has 58 valence electrons. The number of carbonyl (C=O) groups excluding carboxylic acids is 1. The Morgan fingerprint density at radius 2 is 2.27 bits per heavy atom. The molecule has 0 radical (unpaired) electrons. The van der Waals surface area contributed by atoms with E-state index in [4.69, 9.17) is 10.0 Å². The van der Waals surface area contributed by atoms with Crippen LogP contribution in [0.1, 0.15) is 15.2 Å². The Morgan fingerprint density at radius 3 is 2.55 bits per heavy atom. The molecule has 0 aliphatic carbocycles. The fourth-order valence-corrected chi connectivity index (χ4v) is 1.72. The fourth-order valence-electron chi connectivity index (χ4n) is 0.817. The van der Waals surface area contributed by atoms with Gasteiger partial charge in [-0.3, -0.25) is 4.79 Å². The molecule has 3 nitrogen and oxygen atoms in total. The number of hydrogen-bond donors (Lipinski definition) is 2. The Morgan fingerprint density at radius 1 is 1.64 bits per heavy atom. The molecule has 0 aromatic carbocycles. The SMILES string of the molecule is Cc1c(B(O)O)csc1C=O. The van der Waals surface area contributed by atoms with Crippen molar-refractivity contribution >= 4 is 30.2 Å². The molecule has 5 heteroatoms. The van der Waals surface area contributed by atoms with Crippen LogP contribution in [-0.4, -0.2) is 23.5 Å². The zero-order valence-electron chi connectivity index (χ0n) is 5.94. The van der Waals surface area contributed by atoms with Gasteiger partial charge in [-0.05, 0) is 23.3 Å². The molecule has 0 amide bonds. The normalized spacial score (nSPS) is 9.73. The molecule has 0 saturated heterocycles. The largest absolute Gasteiger partial charge is 0.489 e. The molecule has 0 fully saturated rings. The molecule has 0 bridgehead atoms. The summed E-state index contributed by atoms with van der Waals surface area (Å²) in [6, 6.07) is 0. The molecule has 0 spiro atoms. The van der Waals surface area contributed by atoms with Gasteiger partial charge in [-0.15, -0.1) is 11.3 Å². The topological polar surface area (TPSA) is 57.5 Å². The summed E-state index contributed by atoms with van der Waals surface area (Å²) in [4.78, 5) is 10.9. The maximum Gasteiger partial charge on any atom is 0.489 e. The summed E-state index contributed by atoms with van der Waals surface area (Å²) in [6.45, 7) is 1.69. The molecule has 0 aliphatic rings. The lowest BCUT2D eigenvalue weighted by Crippen LogP contribution is -2.30. The maximum absolute atomic E-state index is 10.3. The summed E-state index contributed by atoms with van der Waals surface area (Å²) >= 11 is 1.22. The van der Waals surface area contributed by atoms with Crippen molar-refractivity contribution in [3.8, 4) is 0 Å². The van der Waals surface area contributed by atoms with Crippen LogP contribution in [0.25, 0.3) is 0 Å². The minimum atomic E-state index is -1.47. The van der Waals surface area contributed by atoms with Crippen molar-refractivity contribution < 1.29 is 14.8 Å². The van der Waals surface area contributed by atoms with Gasteiger partial charge in [-0.2, -0.15) is 0 Å². The molecule has 1 aromatic rings. The van der Waals surface area contributed by atoms with Gasteiger partial charge >= 0.3 is 7.12 Å². The highest BCUT2D eigenvalue weighted by Crippen LogP contribution is 2.10. The Hall–Kier alpha value is -0.645. The van der Waals surface area contributed by atoms with Crippen LogP contribution in [0.5, 0.6) is 0 Å². The van der Waals surface area contributed by atoms with E-state index in [1.807, 2.05) is 0 Å². The summed E-state index contributed by atoms with van der Waals surface area (Å²) in [7, 11) is -1.47. The molecule has 1 aromatic heterocycles. The predicted molar refractivity (Wildman–Crippen MR) is 44.3 cm³/mol. The van der Waals surface area contributed by atoms with Gasteiger partial charge < -0.3 is 10.0 Å². The highest BCUT2D eigenvalue weighted by atomic mass is 32.1. The van der Waals surface area contributed by atoms with Crippen molar-refractivity contribution in [2.45, 2.75) is 6.92 Å². The van der Waals surface area contributed by atoms with E-state index in [2.05, 4.69) is 0 Å². The standard InChI is InChI=1S/C6H7BO3S/c1-4-5(7(9)10)3-11-6(4)2-8/h2-3,9-10H,1H3. The van der Waals surface area contributed by atoms with Crippen molar-refractivity contribution in [3.63, 3.8) is 0 Å². The van der Waals surface area contributed by atoms with Crippen LogP contribution in [0.4, 0.5) is 0 Å². The molecular weight excluding hydrogens is 163 g/mol. The molecule has 0 unspecified atom stereocenters. The van der Waals surface area contributed by atoms with Crippen LogP contribution < -0.4 is 5.46 Å². The highest BCUT2D eigenvalue weighted by molar-refractivity contribution is 7.13. The van der Waals surface area contributed by atoms with Crippen LogP contribution in [0.15, 0.2) is 5.38 Å². The summed E-state index contributed by atoms with van der Waals surface area (Å²) < 4.78 is 0. The smallest absolute Gasteiger partial charge is 0.423 e. The number of carbonyl (C=O) groups is 1. The zero-order chi connectivity index (χ0) is 8.43. The molecular formula is C6H7BO3S. The van der Waals surface area contributed by atoms with Crippen molar-refractivity contribution in [1.82, 2.24) is 0 Å². The highest BCUT2D eigenvalue weighted by Gasteiger charge is 2.17. The first-order chi connectivity index (χ1) is 5.16. The number of hydrogen-bond acceptors (Lipinski definition) is 4. The lowest BCUT2D eigenvalue weighted by Gasteiger charge is -1.95. The van der Waals surface area contributed by atoms with Crippen LogP contribution in [-0.2, 0) is 0 Å². The minimum absolute atomic E-state index is 0.414. The maximum atomic E-state index is 10.3. The second-order valence-corrected chi connectivity index (χ2v) is 3.08. The van der Waals surface area contributed by atoms with Crippen molar-refractivity contribution in [3.05, 3.63) is 15.8 Å². The first-order valence-corrected chi connectivity index (χ1v) is 3.94. The summed E-state index contributed by atoms with van der Waals surface area (Å²) in [6.07, 6.45) is 0.714. The van der Waals surface area contributed by atoms with E-state index in [1.165, 1.54) is 11.3 Å². The lowest BCUT2D eigenvalue weighted by molar-refractivity contribution is 0.112. The number of rotatable bonds is 2. The van der Waals surface area contributed by atoms with Crippen LogP contribution in [0, 0.1) is 6.92 Å². The minimum Gasteiger partial charge on any atom is -0.423 e. The average Bonchev–Trinajstić information content (AvgIpc) is 2.30. The Kier molecular flexibility index (Phi) is 2.43. The summed E-state index contributed by atoms with van der Waals surface area (Å²) in [5.41, 5.74) is 1.07. The van der Waals surface area contributed by atoms with Crippen LogP contribution in [0.3, 0.4) is 0 Å². The summed E-state index contributed by atoms with van der Waals surface area (Å²) in [5, 5.41) is 19.1. The number of thiophene rings is 1. The lowest BCUT2D eigenvalue weighted by atomic mass is 9.79. The van der Waals surface area contributed by atoms with Crippen molar-refractivity contribution in [1.29, 1.82) is 0 Å². The third kappa shape index (κ3) is 1.50. The van der Waals surface area contributed by atoms with Crippen LogP contribution in [0.2, 0.25) is 0 Å². The van der Waals surface area contributed by atoms with E-state index in [0.717, 1.165) is 0 Å². The van der Waals surface area contributed by atoms with E-state index in [1.54, 1.807) is 12.3 Å². The molecule has 1 rings (SSSR count). The van der Waals surface area contributed by atoms with Gasteiger partial charge in [0.15, 0.2) is 6.29 Å². The molecule has 0 saturated carbocycles. The van der Waals surface area contributed by atoms with Gasteiger partial charge in [0.1, 0.15) is 0 Å².